The summed E-state index contributed by atoms with van der Waals surface area (Å²) in [4.78, 5) is 16.3. The molecule has 0 aliphatic heterocycles. The van der Waals surface area contributed by atoms with Crippen LogP contribution in [0.25, 0.3) is 0 Å². The zero-order valence-corrected chi connectivity index (χ0v) is 16.7. The monoisotopic (exact) mass is 358 g/mol. The highest BCUT2D eigenvalue weighted by atomic mass is 16.1. The molecule has 0 aromatic heterocycles. The van der Waals surface area contributed by atoms with E-state index in [0.29, 0.717) is 17.5 Å². The molecule has 5 nitrogen and oxygen atoms in total. The molecule has 0 radical (unpaired) electrons. The second kappa shape index (κ2) is 9.60. The molecule has 1 fully saturated rings. The lowest BCUT2D eigenvalue weighted by Gasteiger charge is -2.43. The third-order valence-electron chi connectivity index (χ3n) is 5.09. The van der Waals surface area contributed by atoms with E-state index in [1.54, 1.807) is 7.05 Å². The van der Waals surface area contributed by atoms with Gasteiger partial charge in [-0.15, -0.1) is 0 Å². The number of carbonyl (C=O) groups is 1. The fraction of sp³-hybridized carbons (Fsp3) is 0.619. The molecule has 2 rings (SSSR count). The smallest absolute Gasteiger partial charge is 0.251 e. The summed E-state index contributed by atoms with van der Waals surface area (Å²) < 4.78 is 0. The molecule has 1 aromatic rings. The van der Waals surface area contributed by atoms with Crippen LogP contribution in [0.1, 0.15) is 62.4 Å². The molecule has 3 N–H and O–H groups in total. The number of hydrogen-bond donors (Lipinski definition) is 3. The van der Waals surface area contributed by atoms with Crippen LogP contribution in [-0.4, -0.2) is 32.0 Å². The van der Waals surface area contributed by atoms with Crippen molar-refractivity contribution in [1.29, 1.82) is 0 Å². The summed E-state index contributed by atoms with van der Waals surface area (Å²) in [6, 6.07) is 7.61. The van der Waals surface area contributed by atoms with E-state index in [9.17, 15) is 4.79 Å². The fourth-order valence-corrected chi connectivity index (χ4v) is 3.69. The van der Waals surface area contributed by atoms with Crippen LogP contribution in [0, 0.1) is 11.3 Å². The van der Waals surface area contributed by atoms with Crippen molar-refractivity contribution in [2.24, 2.45) is 16.3 Å². The van der Waals surface area contributed by atoms with Gasteiger partial charge >= 0.3 is 0 Å². The van der Waals surface area contributed by atoms with Gasteiger partial charge in [0.15, 0.2) is 5.96 Å². The third kappa shape index (κ3) is 5.75. The van der Waals surface area contributed by atoms with Crippen molar-refractivity contribution in [3.8, 4) is 0 Å². The summed E-state index contributed by atoms with van der Waals surface area (Å²) in [5.41, 5.74) is 2.21. The molecule has 1 amide bonds. The first-order valence-electron chi connectivity index (χ1n) is 9.81. The number of guanidine groups is 1. The van der Waals surface area contributed by atoms with E-state index in [-0.39, 0.29) is 5.91 Å². The summed E-state index contributed by atoms with van der Waals surface area (Å²) in [5, 5.41) is 9.53. The summed E-state index contributed by atoms with van der Waals surface area (Å²) in [6.07, 6.45) is 5.26. The average molecular weight is 359 g/mol. The van der Waals surface area contributed by atoms with Crippen molar-refractivity contribution in [1.82, 2.24) is 16.0 Å². The first-order valence-corrected chi connectivity index (χ1v) is 9.81. The Labute approximate surface area is 158 Å². The largest absolute Gasteiger partial charge is 0.357 e. The minimum absolute atomic E-state index is 0.0639. The first-order chi connectivity index (χ1) is 12.5. The van der Waals surface area contributed by atoms with Crippen LogP contribution in [0.4, 0.5) is 0 Å². The van der Waals surface area contributed by atoms with Crippen LogP contribution < -0.4 is 16.0 Å². The number of hydrogen-bond acceptors (Lipinski definition) is 2. The number of nitrogens with zero attached hydrogens (tertiary/aromatic N) is 1. The summed E-state index contributed by atoms with van der Waals surface area (Å²) in [7, 11) is 1.64. The van der Waals surface area contributed by atoms with Crippen LogP contribution in [-0.2, 0) is 6.54 Å². The molecule has 5 heteroatoms. The van der Waals surface area contributed by atoms with E-state index in [1.165, 1.54) is 25.7 Å². The molecule has 0 bridgehead atoms. The molecule has 0 heterocycles. The Balaban J connectivity index is 1.94. The highest BCUT2D eigenvalue weighted by Crippen LogP contribution is 2.45. The molecule has 0 spiro atoms. The van der Waals surface area contributed by atoms with Crippen molar-refractivity contribution in [3.63, 3.8) is 0 Å². The number of rotatable bonds is 8. The second-order valence-corrected chi connectivity index (χ2v) is 7.78. The summed E-state index contributed by atoms with van der Waals surface area (Å²) >= 11 is 0. The predicted octanol–water partition coefficient (Wildman–Crippen LogP) is 3.32. The quantitative estimate of drug-likeness (QED) is 0.493. The number of aliphatic imine (C=N–C) groups is 1. The van der Waals surface area contributed by atoms with Gasteiger partial charge in [0.1, 0.15) is 0 Å². The molecular weight excluding hydrogens is 324 g/mol. The van der Waals surface area contributed by atoms with Crippen LogP contribution in [0.2, 0.25) is 0 Å². The number of amides is 1. The van der Waals surface area contributed by atoms with Gasteiger partial charge in [-0.1, -0.05) is 32.4 Å². The third-order valence-corrected chi connectivity index (χ3v) is 5.09. The standard InChI is InChI=1S/C21H34N4O/c1-5-23-20(25-15-21(11-6-12-21)13-16(2)3)24-14-17-7-9-18(10-8-17)19(26)22-4/h7-10,16H,5-6,11-15H2,1-4H3,(H,22,26)(H2,23,24,25). The SMILES string of the molecule is CCNC(=NCc1ccc(C(=O)NC)cc1)NCC1(CC(C)C)CCC1. The highest BCUT2D eigenvalue weighted by molar-refractivity contribution is 5.93. The molecule has 1 aliphatic carbocycles. The molecule has 1 aliphatic rings. The summed E-state index contributed by atoms with van der Waals surface area (Å²) in [5.74, 6) is 1.54. The Hall–Kier alpha value is -2.04. The normalized spacial score (nSPS) is 16.1. The first kappa shape index (κ1) is 20.3. The van der Waals surface area contributed by atoms with Crippen molar-refractivity contribution >= 4 is 11.9 Å². The lowest BCUT2D eigenvalue weighted by atomic mass is 9.64. The Morgan fingerprint density at radius 3 is 2.38 bits per heavy atom. The van der Waals surface area contributed by atoms with Crippen LogP contribution >= 0.6 is 0 Å². The van der Waals surface area contributed by atoms with Crippen LogP contribution in [0.5, 0.6) is 0 Å². The number of benzene rings is 1. The van der Waals surface area contributed by atoms with Gasteiger partial charge in [0.2, 0.25) is 0 Å². The molecule has 144 valence electrons. The Kier molecular flexibility index (Phi) is 7.49. The lowest BCUT2D eigenvalue weighted by Crippen LogP contribution is -2.47. The topological polar surface area (TPSA) is 65.5 Å². The van der Waals surface area contributed by atoms with E-state index in [0.717, 1.165) is 30.5 Å². The van der Waals surface area contributed by atoms with Gasteiger partial charge in [0, 0.05) is 25.7 Å². The Morgan fingerprint density at radius 1 is 1.19 bits per heavy atom. The van der Waals surface area contributed by atoms with E-state index in [1.807, 2.05) is 24.3 Å². The van der Waals surface area contributed by atoms with Gasteiger partial charge in [0.05, 0.1) is 6.54 Å². The fourth-order valence-electron chi connectivity index (χ4n) is 3.69. The van der Waals surface area contributed by atoms with Gasteiger partial charge in [0.25, 0.3) is 5.91 Å². The number of carbonyl (C=O) groups excluding carboxylic acids is 1. The molecular formula is C21H34N4O. The van der Waals surface area contributed by atoms with Gasteiger partial charge in [-0.05, 0) is 55.2 Å². The van der Waals surface area contributed by atoms with Gasteiger partial charge in [-0.3, -0.25) is 4.79 Å². The molecule has 0 unspecified atom stereocenters. The molecule has 1 saturated carbocycles. The van der Waals surface area contributed by atoms with Crippen molar-refractivity contribution in [2.45, 2.75) is 53.0 Å². The number of nitrogens with one attached hydrogen (secondary N) is 3. The second-order valence-electron chi connectivity index (χ2n) is 7.78. The molecule has 0 atom stereocenters. The molecule has 1 aromatic carbocycles. The van der Waals surface area contributed by atoms with Crippen LogP contribution in [0.15, 0.2) is 29.3 Å². The van der Waals surface area contributed by atoms with Crippen molar-refractivity contribution < 1.29 is 4.79 Å². The maximum Gasteiger partial charge on any atom is 0.251 e. The Morgan fingerprint density at radius 2 is 1.88 bits per heavy atom. The maximum atomic E-state index is 11.6. The van der Waals surface area contributed by atoms with E-state index >= 15 is 0 Å². The van der Waals surface area contributed by atoms with Crippen LogP contribution in [0.3, 0.4) is 0 Å². The maximum absolute atomic E-state index is 11.6. The highest BCUT2D eigenvalue weighted by Gasteiger charge is 2.37. The van der Waals surface area contributed by atoms with Gasteiger partial charge in [-0.25, -0.2) is 4.99 Å². The zero-order valence-electron chi connectivity index (χ0n) is 16.7. The van der Waals surface area contributed by atoms with Gasteiger partial charge < -0.3 is 16.0 Å². The average Bonchev–Trinajstić information content (AvgIpc) is 2.61. The predicted molar refractivity (Wildman–Crippen MR) is 108 cm³/mol. The van der Waals surface area contributed by atoms with Crippen molar-refractivity contribution in [3.05, 3.63) is 35.4 Å². The summed E-state index contributed by atoms with van der Waals surface area (Å²) in [6.45, 7) is 9.14. The minimum Gasteiger partial charge on any atom is -0.357 e. The Bertz CT molecular complexity index is 603. The van der Waals surface area contributed by atoms with E-state index in [2.05, 4.69) is 36.7 Å². The molecule has 0 saturated heterocycles. The van der Waals surface area contributed by atoms with Gasteiger partial charge in [-0.2, -0.15) is 0 Å². The zero-order chi connectivity index (χ0) is 19.0. The van der Waals surface area contributed by atoms with Crippen molar-refractivity contribution in [2.75, 3.05) is 20.1 Å². The van der Waals surface area contributed by atoms with E-state index in [4.69, 9.17) is 4.99 Å². The lowest BCUT2D eigenvalue weighted by molar-refractivity contribution is 0.0963. The molecule has 26 heavy (non-hydrogen) atoms. The minimum atomic E-state index is -0.0639. The van der Waals surface area contributed by atoms with E-state index < -0.39 is 0 Å².